The molecule has 5 atom stereocenters. The smallest absolute Gasteiger partial charge is 0.297 e. The van der Waals surface area contributed by atoms with E-state index < -0.39 is 63.3 Å². The molecule has 2 aromatic rings. The van der Waals surface area contributed by atoms with Crippen molar-refractivity contribution in [1.82, 2.24) is 0 Å². The molecule has 2 aliphatic heterocycles. The van der Waals surface area contributed by atoms with Crippen LogP contribution in [0.15, 0.2) is 58.3 Å². The van der Waals surface area contributed by atoms with E-state index in [2.05, 4.69) is 0 Å². The van der Waals surface area contributed by atoms with Crippen LogP contribution in [-0.2, 0) is 47.5 Å². The van der Waals surface area contributed by atoms with Gasteiger partial charge < -0.3 is 18.9 Å². The summed E-state index contributed by atoms with van der Waals surface area (Å²) in [5.41, 5.74) is 1.75. The van der Waals surface area contributed by atoms with Crippen LogP contribution in [0.25, 0.3) is 0 Å². The minimum absolute atomic E-state index is 0.0633. The summed E-state index contributed by atoms with van der Waals surface area (Å²) in [5, 5.41) is 0. The van der Waals surface area contributed by atoms with Crippen molar-refractivity contribution in [2.24, 2.45) is 0 Å². The summed E-state index contributed by atoms with van der Waals surface area (Å²) in [5.74, 6) is -0.759. The third kappa shape index (κ3) is 6.08. The highest BCUT2D eigenvalue weighted by atomic mass is 32.2. The fourth-order valence-corrected chi connectivity index (χ4v) is 7.27. The topological polar surface area (TPSA) is 124 Å². The highest BCUT2D eigenvalue weighted by Gasteiger charge is 2.60. The van der Waals surface area contributed by atoms with Gasteiger partial charge in [-0.3, -0.25) is 8.37 Å². The maximum absolute atomic E-state index is 13.2. The predicted octanol–water partition coefficient (Wildman–Crippen LogP) is 3.60. The number of hydrogen-bond acceptors (Lipinski definition) is 10. The molecule has 3 fully saturated rings. The van der Waals surface area contributed by atoms with Crippen LogP contribution in [0.5, 0.6) is 0 Å². The molecule has 2 heterocycles. The SMILES string of the molecule is CO[C@H]1[C@@H]2OC3(CCCCC3)O[C@H]2O[C@H]1[C@H](COS(=O)(=O)c1ccc(C)cc1)OS(=O)(=O)c1ccc(C)cc1. The van der Waals surface area contributed by atoms with Crippen LogP contribution in [0.3, 0.4) is 0 Å². The van der Waals surface area contributed by atoms with E-state index in [1.165, 1.54) is 31.4 Å². The van der Waals surface area contributed by atoms with E-state index in [1.54, 1.807) is 24.3 Å². The van der Waals surface area contributed by atoms with Crippen molar-refractivity contribution in [2.75, 3.05) is 13.7 Å². The summed E-state index contributed by atoms with van der Waals surface area (Å²) in [7, 11) is -7.10. The molecule has 2 aromatic carbocycles. The third-order valence-corrected chi connectivity index (χ3v) is 10.0. The molecule has 39 heavy (non-hydrogen) atoms. The fourth-order valence-electron chi connectivity index (χ4n) is 5.28. The van der Waals surface area contributed by atoms with Crippen LogP contribution < -0.4 is 0 Å². The lowest BCUT2D eigenvalue weighted by Crippen LogP contribution is -2.47. The van der Waals surface area contributed by atoms with Crippen molar-refractivity contribution >= 4 is 20.2 Å². The third-order valence-electron chi connectivity index (χ3n) is 7.40. The monoisotopic (exact) mass is 582 g/mol. The lowest BCUT2D eigenvalue weighted by atomic mass is 9.94. The Labute approximate surface area is 229 Å². The standard InChI is InChI=1S/C27H34O10S2/c1-18-7-11-20(12-8-18)38(28,29)33-17-22(37-39(30,31)21-13-9-19(2)10-14-21)23-24(32-3)25-26(34-23)36-27(35-25)15-5-4-6-16-27/h7-14,22-26H,4-6,15-17H2,1-3H3/t22-,23-,24+,25-,26+/m0/s1. The van der Waals surface area contributed by atoms with Crippen LogP contribution in [0.2, 0.25) is 0 Å². The van der Waals surface area contributed by atoms with Crippen LogP contribution in [0, 0.1) is 13.8 Å². The Bertz CT molecular complexity index is 1350. The number of ether oxygens (including phenoxy) is 4. The number of benzene rings is 2. The van der Waals surface area contributed by atoms with Crippen LogP contribution in [-0.4, -0.2) is 67.0 Å². The molecule has 1 spiro atoms. The Morgan fingerprint density at radius 1 is 0.846 bits per heavy atom. The van der Waals surface area contributed by atoms with Gasteiger partial charge in [-0.1, -0.05) is 41.8 Å². The van der Waals surface area contributed by atoms with E-state index >= 15 is 0 Å². The van der Waals surface area contributed by atoms with Gasteiger partial charge in [-0.2, -0.15) is 16.8 Å². The van der Waals surface area contributed by atoms with Gasteiger partial charge in [0.15, 0.2) is 12.1 Å². The Balaban J connectivity index is 1.40. The summed E-state index contributed by atoms with van der Waals surface area (Å²) in [6, 6.07) is 12.2. The van der Waals surface area contributed by atoms with Crippen molar-refractivity contribution in [1.29, 1.82) is 0 Å². The van der Waals surface area contributed by atoms with Gasteiger partial charge in [-0.15, -0.1) is 0 Å². The molecule has 5 rings (SSSR count). The first-order chi connectivity index (χ1) is 18.5. The maximum atomic E-state index is 13.2. The molecule has 3 aliphatic rings. The first-order valence-corrected chi connectivity index (χ1v) is 15.8. The van der Waals surface area contributed by atoms with Gasteiger partial charge in [-0.05, 0) is 51.0 Å². The molecule has 12 heteroatoms. The van der Waals surface area contributed by atoms with Gasteiger partial charge in [0.25, 0.3) is 20.2 Å². The lowest BCUT2D eigenvalue weighted by molar-refractivity contribution is -0.254. The highest BCUT2D eigenvalue weighted by Crippen LogP contribution is 2.46. The molecular weight excluding hydrogens is 548 g/mol. The zero-order valence-corrected chi connectivity index (χ0v) is 23.8. The van der Waals surface area contributed by atoms with Gasteiger partial charge in [0.2, 0.25) is 0 Å². The number of rotatable bonds is 9. The number of aryl methyl sites for hydroxylation is 2. The molecule has 10 nitrogen and oxygen atoms in total. The Kier molecular flexibility index (Phi) is 8.20. The van der Waals surface area contributed by atoms with Crippen LogP contribution in [0.1, 0.15) is 43.2 Å². The van der Waals surface area contributed by atoms with E-state index in [1.807, 2.05) is 13.8 Å². The van der Waals surface area contributed by atoms with Gasteiger partial charge in [0.05, 0.1) is 16.4 Å². The summed E-state index contributed by atoms with van der Waals surface area (Å²) in [6.45, 7) is 3.02. The van der Waals surface area contributed by atoms with Crippen molar-refractivity contribution in [3.63, 3.8) is 0 Å². The second-order valence-electron chi connectivity index (χ2n) is 10.3. The van der Waals surface area contributed by atoms with Crippen molar-refractivity contribution in [2.45, 2.75) is 92.2 Å². The quantitative estimate of drug-likeness (QED) is 0.405. The molecule has 1 aliphatic carbocycles. The summed E-state index contributed by atoms with van der Waals surface area (Å²) in [6.07, 6.45) is -0.215. The molecule has 0 bridgehead atoms. The Morgan fingerprint density at radius 2 is 1.41 bits per heavy atom. The Hall–Kier alpha value is -1.90. The van der Waals surface area contributed by atoms with Crippen LogP contribution >= 0.6 is 0 Å². The second kappa shape index (κ2) is 11.2. The maximum Gasteiger partial charge on any atom is 0.297 e. The number of methoxy groups -OCH3 is 1. The van der Waals surface area contributed by atoms with Gasteiger partial charge >= 0.3 is 0 Å². The first kappa shape index (κ1) is 28.6. The van der Waals surface area contributed by atoms with Crippen molar-refractivity contribution in [3.05, 3.63) is 59.7 Å². The summed E-state index contributed by atoms with van der Waals surface area (Å²) < 4.78 is 87.6. The molecule has 1 saturated carbocycles. The zero-order chi connectivity index (χ0) is 27.8. The number of fused-ring (bicyclic) bond motifs is 1. The molecule has 0 N–H and O–H groups in total. The molecule has 0 aromatic heterocycles. The normalized spacial score (nSPS) is 27.5. The van der Waals surface area contributed by atoms with Crippen LogP contribution in [0.4, 0.5) is 0 Å². The summed E-state index contributed by atoms with van der Waals surface area (Å²) in [4.78, 5) is -0.146. The molecule has 0 unspecified atom stereocenters. The Morgan fingerprint density at radius 3 is 1.97 bits per heavy atom. The van der Waals surface area contributed by atoms with Gasteiger partial charge in [0, 0.05) is 20.0 Å². The minimum atomic E-state index is -4.33. The van der Waals surface area contributed by atoms with Crippen molar-refractivity contribution in [3.8, 4) is 0 Å². The molecule has 2 saturated heterocycles. The average Bonchev–Trinajstić information content (AvgIpc) is 3.41. The van der Waals surface area contributed by atoms with Gasteiger partial charge in [0.1, 0.15) is 24.4 Å². The average molecular weight is 583 g/mol. The fraction of sp³-hybridized carbons (Fsp3) is 0.556. The van der Waals surface area contributed by atoms with Crippen molar-refractivity contribution < 1.29 is 44.1 Å². The predicted molar refractivity (Wildman–Crippen MR) is 139 cm³/mol. The number of hydrogen-bond donors (Lipinski definition) is 0. The minimum Gasteiger partial charge on any atom is -0.376 e. The van der Waals surface area contributed by atoms with E-state index in [-0.39, 0.29) is 9.79 Å². The molecule has 0 radical (unpaired) electrons. The lowest BCUT2D eigenvalue weighted by Gasteiger charge is -2.35. The first-order valence-electron chi connectivity index (χ1n) is 13.0. The largest absolute Gasteiger partial charge is 0.376 e. The zero-order valence-electron chi connectivity index (χ0n) is 22.1. The van der Waals surface area contributed by atoms with E-state index in [4.69, 9.17) is 27.3 Å². The van der Waals surface area contributed by atoms with E-state index in [0.717, 1.165) is 43.2 Å². The molecular formula is C27H34O10S2. The molecule has 0 amide bonds. The second-order valence-corrected chi connectivity index (χ2v) is 13.5. The van der Waals surface area contributed by atoms with E-state index in [9.17, 15) is 16.8 Å². The van der Waals surface area contributed by atoms with E-state index in [0.29, 0.717) is 0 Å². The highest BCUT2D eigenvalue weighted by molar-refractivity contribution is 7.87. The molecule has 214 valence electrons. The van der Waals surface area contributed by atoms with Gasteiger partial charge in [-0.25, -0.2) is 0 Å². The summed E-state index contributed by atoms with van der Waals surface area (Å²) >= 11 is 0.